The maximum Gasteiger partial charge on any atom is 0.153 e. The van der Waals surface area contributed by atoms with Crippen LogP contribution >= 0.6 is 0 Å². The molecule has 1 heterocycles. The molecule has 0 radical (unpaired) electrons. The standard InChI is InChI=1S/C13H15NO/c1-3-6-9-10-7-5-8-11(14)13(10)15-12(9)4-2/h3-4,6-7H,2,5,8,14H2,1H3/b6-3-. The summed E-state index contributed by atoms with van der Waals surface area (Å²) >= 11 is 0. The Bertz CT molecular complexity index is 532. The molecule has 0 aliphatic heterocycles. The van der Waals surface area contributed by atoms with Crippen molar-refractivity contribution in [3.8, 4) is 0 Å². The van der Waals surface area contributed by atoms with Crippen molar-refractivity contribution < 1.29 is 4.42 Å². The van der Waals surface area contributed by atoms with Crippen LogP contribution in [0.2, 0.25) is 0 Å². The number of rotatable bonds is 2. The predicted molar refractivity (Wildman–Crippen MR) is 64.1 cm³/mol. The quantitative estimate of drug-likeness (QED) is 0.789. The van der Waals surface area contributed by atoms with E-state index < -0.39 is 0 Å². The van der Waals surface area contributed by atoms with Crippen molar-refractivity contribution in [2.45, 2.75) is 19.8 Å². The molecule has 0 fully saturated rings. The van der Waals surface area contributed by atoms with Gasteiger partial charge in [0.1, 0.15) is 5.76 Å². The Morgan fingerprint density at radius 1 is 1.53 bits per heavy atom. The molecule has 15 heavy (non-hydrogen) atoms. The summed E-state index contributed by atoms with van der Waals surface area (Å²) in [6.07, 6.45) is 9.81. The van der Waals surface area contributed by atoms with Gasteiger partial charge in [-0.25, -0.2) is 0 Å². The fourth-order valence-electron chi connectivity index (χ4n) is 1.89. The predicted octanol–water partition coefficient (Wildman–Crippen LogP) is 1.60. The van der Waals surface area contributed by atoms with Crippen LogP contribution in [-0.4, -0.2) is 0 Å². The van der Waals surface area contributed by atoms with Crippen molar-refractivity contribution >= 4 is 23.9 Å². The number of fused-ring (bicyclic) bond motifs is 1. The molecular weight excluding hydrogens is 186 g/mol. The van der Waals surface area contributed by atoms with Crippen LogP contribution < -0.4 is 16.4 Å². The molecule has 1 aromatic heterocycles. The first-order valence-electron chi connectivity index (χ1n) is 5.14. The van der Waals surface area contributed by atoms with Crippen molar-refractivity contribution in [1.82, 2.24) is 0 Å². The first-order chi connectivity index (χ1) is 7.27. The Morgan fingerprint density at radius 3 is 3.00 bits per heavy atom. The van der Waals surface area contributed by atoms with E-state index in [1.54, 1.807) is 6.08 Å². The van der Waals surface area contributed by atoms with Gasteiger partial charge in [0.25, 0.3) is 0 Å². The summed E-state index contributed by atoms with van der Waals surface area (Å²) in [5, 5.41) is 1.12. The molecule has 2 rings (SSSR count). The lowest BCUT2D eigenvalue weighted by Gasteiger charge is -2.00. The average Bonchev–Trinajstić information content (AvgIpc) is 2.59. The lowest BCUT2D eigenvalue weighted by Crippen LogP contribution is -2.30. The summed E-state index contributed by atoms with van der Waals surface area (Å²) in [4.78, 5) is 0. The van der Waals surface area contributed by atoms with Crippen LogP contribution in [0.5, 0.6) is 0 Å². The highest BCUT2D eigenvalue weighted by atomic mass is 16.3. The number of hydrogen-bond acceptors (Lipinski definition) is 2. The number of hydrogen-bond donors (Lipinski definition) is 1. The van der Waals surface area contributed by atoms with Crippen LogP contribution in [0.25, 0.3) is 23.9 Å². The number of furan rings is 1. The van der Waals surface area contributed by atoms with E-state index in [4.69, 9.17) is 10.2 Å². The third kappa shape index (κ3) is 1.52. The van der Waals surface area contributed by atoms with Gasteiger partial charge >= 0.3 is 0 Å². The minimum absolute atomic E-state index is 0.805. The largest absolute Gasteiger partial charge is 0.454 e. The third-order valence-corrected chi connectivity index (χ3v) is 2.58. The van der Waals surface area contributed by atoms with Crippen LogP contribution in [-0.2, 0) is 0 Å². The van der Waals surface area contributed by atoms with Crippen molar-refractivity contribution in [2.24, 2.45) is 5.73 Å². The molecule has 0 bridgehead atoms. The van der Waals surface area contributed by atoms with Crippen LogP contribution in [0.4, 0.5) is 0 Å². The minimum atomic E-state index is 0.805. The third-order valence-electron chi connectivity index (χ3n) is 2.58. The van der Waals surface area contributed by atoms with Crippen molar-refractivity contribution in [1.29, 1.82) is 0 Å². The van der Waals surface area contributed by atoms with Crippen LogP contribution in [0.1, 0.15) is 31.1 Å². The molecule has 0 spiro atoms. The summed E-state index contributed by atoms with van der Waals surface area (Å²) in [6, 6.07) is 0. The number of allylic oxidation sites excluding steroid dienone is 1. The van der Waals surface area contributed by atoms with E-state index in [9.17, 15) is 0 Å². The maximum absolute atomic E-state index is 5.92. The smallest absolute Gasteiger partial charge is 0.153 e. The molecule has 0 saturated heterocycles. The van der Waals surface area contributed by atoms with Crippen molar-refractivity contribution in [3.05, 3.63) is 34.6 Å². The van der Waals surface area contributed by atoms with Gasteiger partial charge in [-0.15, -0.1) is 0 Å². The van der Waals surface area contributed by atoms with Gasteiger partial charge in [0, 0.05) is 10.8 Å². The molecule has 0 saturated carbocycles. The molecule has 2 nitrogen and oxygen atoms in total. The molecule has 0 unspecified atom stereocenters. The summed E-state index contributed by atoms with van der Waals surface area (Å²) in [6.45, 7) is 5.74. The Kier molecular flexibility index (Phi) is 2.50. The first kappa shape index (κ1) is 9.84. The highest BCUT2D eigenvalue weighted by molar-refractivity contribution is 5.64. The molecule has 78 valence electrons. The monoisotopic (exact) mass is 201 g/mol. The molecule has 2 heteroatoms. The second-order valence-corrected chi connectivity index (χ2v) is 3.59. The zero-order valence-electron chi connectivity index (χ0n) is 8.92. The van der Waals surface area contributed by atoms with E-state index in [0.29, 0.717) is 0 Å². The topological polar surface area (TPSA) is 39.2 Å². The SMILES string of the molecule is C=Cc1oc2c(c1/C=C\C)=CCCC=2N. The molecule has 0 amide bonds. The Morgan fingerprint density at radius 2 is 2.33 bits per heavy atom. The van der Waals surface area contributed by atoms with Crippen LogP contribution in [0.15, 0.2) is 17.1 Å². The van der Waals surface area contributed by atoms with Gasteiger partial charge in [0.05, 0.1) is 5.70 Å². The Balaban J connectivity index is 2.86. The lowest BCUT2D eigenvalue weighted by atomic mass is 10.1. The zero-order valence-corrected chi connectivity index (χ0v) is 8.92. The minimum Gasteiger partial charge on any atom is -0.454 e. The fourth-order valence-corrected chi connectivity index (χ4v) is 1.89. The maximum atomic E-state index is 5.92. The summed E-state index contributed by atoms with van der Waals surface area (Å²) in [5.41, 5.74) is 8.67. The van der Waals surface area contributed by atoms with Crippen LogP contribution in [0, 0.1) is 0 Å². The van der Waals surface area contributed by atoms with E-state index in [2.05, 4.69) is 12.7 Å². The van der Waals surface area contributed by atoms with Gasteiger partial charge in [0.15, 0.2) is 5.42 Å². The van der Waals surface area contributed by atoms with Gasteiger partial charge in [-0.05, 0) is 25.8 Å². The summed E-state index contributed by atoms with van der Waals surface area (Å²) in [5.74, 6) is 0.805. The Labute approximate surface area is 89.1 Å². The van der Waals surface area contributed by atoms with E-state index in [1.807, 2.05) is 19.1 Å². The zero-order chi connectivity index (χ0) is 10.8. The molecule has 0 atom stereocenters. The van der Waals surface area contributed by atoms with Gasteiger partial charge in [-0.3, -0.25) is 0 Å². The summed E-state index contributed by atoms with van der Waals surface area (Å²) < 4.78 is 5.69. The number of nitrogens with two attached hydrogens (primary N) is 1. The highest BCUT2D eigenvalue weighted by Crippen LogP contribution is 2.10. The van der Waals surface area contributed by atoms with E-state index in [1.165, 1.54) is 0 Å². The molecule has 2 N–H and O–H groups in total. The molecule has 1 aromatic rings. The van der Waals surface area contributed by atoms with Crippen molar-refractivity contribution in [2.75, 3.05) is 0 Å². The first-order valence-corrected chi connectivity index (χ1v) is 5.14. The second kappa shape index (κ2) is 3.81. The molecular formula is C13H15NO. The second-order valence-electron chi connectivity index (χ2n) is 3.59. The van der Waals surface area contributed by atoms with E-state index >= 15 is 0 Å². The van der Waals surface area contributed by atoms with Crippen LogP contribution in [0.3, 0.4) is 0 Å². The average molecular weight is 201 g/mol. The normalized spacial score (nSPS) is 15.1. The molecule has 1 aliphatic rings. The summed E-state index contributed by atoms with van der Waals surface area (Å²) in [7, 11) is 0. The van der Waals surface area contributed by atoms with E-state index in [-0.39, 0.29) is 0 Å². The van der Waals surface area contributed by atoms with E-state index in [0.717, 1.165) is 40.5 Å². The fraction of sp³-hybridized carbons (Fsp3) is 0.231. The van der Waals surface area contributed by atoms with Gasteiger partial charge in [-0.2, -0.15) is 0 Å². The van der Waals surface area contributed by atoms with Crippen molar-refractivity contribution in [3.63, 3.8) is 0 Å². The van der Waals surface area contributed by atoms with Gasteiger partial charge < -0.3 is 10.2 Å². The van der Waals surface area contributed by atoms with Gasteiger partial charge in [-0.1, -0.05) is 24.8 Å². The Hall–Kier alpha value is -1.70. The van der Waals surface area contributed by atoms with Gasteiger partial charge in [0.2, 0.25) is 0 Å². The molecule has 0 aromatic carbocycles. The molecule has 1 aliphatic carbocycles. The highest BCUT2D eigenvalue weighted by Gasteiger charge is 2.11. The lowest BCUT2D eigenvalue weighted by molar-refractivity contribution is 0.514.